The molecule has 1 fully saturated rings. The lowest BCUT2D eigenvalue weighted by molar-refractivity contribution is 0.0869. The van der Waals surface area contributed by atoms with E-state index in [1.54, 1.807) is 17.4 Å². The van der Waals surface area contributed by atoms with Gasteiger partial charge in [0.25, 0.3) is 5.91 Å². The van der Waals surface area contributed by atoms with Gasteiger partial charge in [-0.05, 0) is 49.3 Å². The zero-order valence-electron chi connectivity index (χ0n) is 13.5. The highest BCUT2D eigenvalue weighted by Crippen LogP contribution is 2.31. The molecule has 1 amide bonds. The molecule has 1 aromatic carbocycles. The second-order valence-corrected chi connectivity index (χ2v) is 7.35. The van der Waals surface area contributed by atoms with Crippen LogP contribution in [0.5, 0.6) is 5.75 Å². The van der Waals surface area contributed by atoms with Crippen molar-refractivity contribution in [3.63, 3.8) is 0 Å². The summed E-state index contributed by atoms with van der Waals surface area (Å²) >= 11 is 1.54. The summed E-state index contributed by atoms with van der Waals surface area (Å²) in [5.74, 6) is 0.514. The molecule has 1 saturated carbocycles. The zero-order valence-corrected chi connectivity index (χ0v) is 14.3. The summed E-state index contributed by atoms with van der Waals surface area (Å²) in [6.45, 7) is 0. The Morgan fingerprint density at radius 1 is 1.24 bits per heavy atom. The fourth-order valence-corrected chi connectivity index (χ4v) is 3.94. The number of carbonyl (C=O) groups excluding carboxylic acids is 1. The molecule has 1 aliphatic carbocycles. The SMILES string of the molecule is O=C(N[C@H]1CC[C@H](O)CC1)c1ccc(O)c2[nH]c(-c3cccs3)nc12. The van der Waals surface area contributed by atoms with E-state index in [9.17, 15) is 15.0 Å². The highest BCUT2D eigenvalue weighted by molar-refractivity contribution is 7.13. The van der Waals surface area contributed by atoms with Crippen molar-refractivity contribution in [3.05, 3.63) is 35.2 Å². The summed E-state index contributed by atoms with van der Waals surface area (Å²) in [6, 6.07) is 7.04. The van der Waals surface area contributed by atoms with Gasteiger partial charge < -0.3 is 20.5 Å². The highest BCUT2D eigenvalue weighted by Gasteiger charge is 2.23. The lowest BCUT2D eigenvalue weighted by Crippen LogP contribution is -2.38. The van der Waals surface area contributed by atoms with Crippen molar-refractivity contribution in [1.29, 1.82) is 0 Å². The molecule has 0 atom stereocenters. The van der Waals surface area contributed by atoms with Crippen LogP contribution in [0.25, 0.3) is 21.7 Å². The van der Waals surface area contributed by atoms with Gasteiger partial charge in [-0.15, -0.1) is 11.3 Å². The number of phenolic OH excluding ortho intramolecular Hbond substituents is 1. The Balaban J connectivity index is 1.65. The van der Waals surface area contributed by atoms with Crippen LogP contribution < -0.4 is 5.32 Å². The largest absolute Gasteiger partial charge is 0.506 e. The van der Waals surface area contributed by atoms with Crippen molar-refractivity contribution >= 4 is 28.3 Å². The van der Waals surface area contributed by atoms with Gasteiger partial charge >= 0.3 is 0 Å². The summed E-state index contributed by atoms with van der Waals surface area (Å²) in [5.41, 5.74) is 1.38. The lowest BCUT2D eigenvalue weighted by Gasteiger charge is -2.26. The van der Waals surface area contributed by atoms with Crippen molar-refractivity contribution in [2.75, 3.05) is 0 Å². The third-order valence-corrected chi connectivity index (χ3v) is 5.53. The van der Waals surface area contributed by atoms with Gasteiger partial charge in [0.15, 0.2) is 0 Å². The maximum absolute atomic E-state index is 12.7. The van der Waals surface area contributed by atoms with Crippen LogP contribution in [0, 0.1) is 0 Å². The summed E-state index contributed by atoms with van der Waals surface area (Å²) in [7, 11) is 0. The monoisotopic (exact) mass is 357 g/mol. The van der Waals surface area contributed by atoms with E-state index in [2.05, 4.69) is 15.3 Å². The van der Waals surface area contributed by atoms with Crippen LogP contribution in [0.1, 0.15) is 36.0 Å². The van der Waals surface area contributed by atoms with Crippen molar-refractivity contribution < 1.29 is 15.0 Å². The van der Waals surface area contributed by atoms with Crippen molar-refractivity contribution in [2.45, 2.75) is 37.8 Å². The molecular formula is C18H19N3O3S. The topological polar surface area (TPSA) is 98.2 Å². The first kappa shape index (κ1) is 16.1. The van der Waals surface area contributed by atoms with E-state index in [4.69, 9.17) is 0 Å². The van der Waals surface area contributed by atoms with Crippen molar-refractivity contribution in [1.82, 2.24) is 15.3 Å². The molecule has 0 bridgehead atoms. The number of amides is 1. The van der Waals surface area contributed by atoms with E-state index in [0.717, 1.165) is 17.7 Å². The number of rotatable bonds is 3. The number of fused-ring (bicyclic) bond motifs is 1. The Hall–Kier alpha value is -2.38. The lowest BCUT2D eigenvalue weighted by atomic mass is 9.93. The summed E-state index contributed by atoms with van der Waals surface area (Å²) < 4.78 is 0. The maximum Gasteiger partial charge on any atom is 0.253 e. The molecule has 1 aliphatic rings. The molecule has 25 heavy (non-hydrogen) atoms. The van der Waals surface area contributed by atoms with E-state index in [1.165, 1.54) is 6.07 Å². The molecule has 0 spiro atoms. The number of benzene rings is 1. The van der Waals surface area contributed by atoms with Gasteiger partial charge in [0.05, 0.1) is 16.5 Å². The number of aromatic hydroxyl groups is 1. The van der Waals surface area contributed by atoms with Gasteiger partial charge in [-0.3, -0.25) is 4.79 Å². The van der Waals surface area contributed by atoms with Crippen LogP contribution in [0.2, 0.25) is 0 Å². The minimum Gasteiger partial charge on any atom is -0.506 e. The van der Waals surface area contributed by atoms with Gasteiger partial charge in [0.1, 0.15) is 22.6 Å². The first-order valence-corrected chi connectivity index (χ1v) is 9.24. The number of aromatic amines is 1. The fraction of sp³-hybridized carbons (Fsp3) is 0.333. The third kappa shape index (κ3) is 3.12. The smallest absolute Gasteiger partial charge is 0.253 e. The number of nitrogens with zero attached hydrogens (tertiary/aromatic N) is 1. The van der Waals surface area contributed by atoms with Gasteiger partial charge in [-0.1, -0.05) is 6.07 Å². The van der Waals surface area contributed by atoms with Gasteiger partial charge in [0, 0.05) is 6.04 Å². The predicted octanol–water partition coefficient (Wildman–Crippen LogP) is 3.03. The van der Waals surface area contributed by atoms with Crippen molar-refractivity contribution in [2.24, 2.45) is 0 Å². The molecule has 0 saturated heterocycles. The second kappa shape index (κ2) is 6.50. The maximum atomic E-state index is 12.7. The van der Waals surface area contributed by atoms with Crippen LogP contribution in [0.3, 0.4) is 0 Å². The molecule has 2 aromatic heterocycles. The minimum absolute atomic E-state index is 0.0652. The van der Waals surface area contributed by atoms with Crippen molar-refractivity contribution in [3.8, 4) is 16.5 Å². The Morgan fingerprint density at radius 2 is 2.04 bits per heavy atom. The molecule has 0 unspecified atom stereocenters. The fourth-order valence-electron chi connectivity index (χ4n) is 3.27. The standard InChI is InChI=1S/C18H19N3O3S/c22-11-5-3-10(4-6-11)19-18(24)12-7-8-13(23)16-15(12)20-17(21-16)14-2-1-9-25-14/h1-2,7-11,22-23H,3-6H2,(H,19,24)(H,20,21)/t10-,11-. The zero-order chi connectivity index (χ0) is 17.4. The number of H-pyrrole nitrogens is 1. The van der Waals surface area contributed by atoms with Crippen LogP contribution in [0.4, 0.5) is 0 Å². The molecule has 0 aliphatic heterocycles. The highest BCUT2D eigenvalue weighted by atomic mass is 32.1. The van der Waals surface area contributed by atoms with E-state index in [-0.39, 0.29) is 23.8 Å². The van der Waals surface area contributed by atoms with Gasteiger partial charge in [0.2, 0.25) is 0 Å². The number of imidazole rings is 1. The molecular weight excluding hydrogens is 338 g/mol. The average Bonchev–Trinajstić information content (AvgIpc) is 3.26. The predicted molar refractivity (Wildman–Crippen MR) is 96.8 cm³/mol. The Morgan fingerprint density at radius 3 is 2.76 bits per heavy atom. The molecule has 6 nitrogen and oxygen atoms in total. The summed E-state index contributed by atoms with van der Waals surface area (Å²) in [5, 5.41) is 24.7. The van der Waals surface area contributed by atoms with Crippen LogP contribution in [0.15, 0.2) is 29.6 Å². The van der Waals surface area contributed by atoms with Crippen LogP contribution in [-0.2, 0) is 0 Å². The first-order chi connectivity index (χ1) is 12.1. The Bertz CT molecular complexity index is 896. The van der Waals surface area contributed by atoms with Gasteiger partial charge in [-0.25, -0.2) is 4.98 Å². The number of hydrogen-bond acceptors (Lipinski definition) is 5. The summed E-state index contributed by atoms with van der Waals surface area (Å²) in [4.78, 5) is 21.3. The number of phenols is 1. The minimum atomic E-state index is -0.256. The first-order valence-electron chi connectivity index (χ1n) is 8.36. The van der Waals surface area contributed by atoms with Crippen LogP contribution >= 0.6 is 11.3 Å². The number of aliphatic hydroxyl groups excluding tert-OH is 1. The number of aliphatic hydroxyl groups is 1. The quantitative estimate of drug-likeness (QED) is 0.579. The number of aromatic nitrogens is 2. The van der Waals surface area contributed by atoms with E-state index < -0.39 is 0 Å². The number of thiophene rings is 1. The van der Waals surface area contributed by atoms with E-state index in [1.807, 2.05) is 17.5 Å². The third-order valence-electron chi connectivity index (χ3n) is 4.65. The molecule has 130 valence electrons. The molecule has 2 heterocycles. The van der Waals surface area contributed by atoms with Gasteiger partial charge in [-0.2, -0.15) is 0 Å². The Kier molecular flexibility index (Phi) is 4.19. The summed E-state index contributed by atoms with van der Waals surface area (Å²) in [6.07, 6.45) is 2.71. The Labute approximate surface area is 148 Å². The molecule has 3 aromatic rings. The normalized spacial score (nSPS) is 20.7. The van der Waals surface area contributed by atoms with Crippen LogP contribution in [-0.4, -0.2) is 38.2 Å². The number of nitrogens with one attached hydrogen (secondary N) is 2. The average molecular weight is 357 g/mol. The molecule has 4 N–H and O–H groups in total. The molecule has 0 radical (unpaired) electrons. The van der Waals surface area contributed by atoms with E-state index >= 15 is 0 Å². The number of hydrogen-bond donors (Lipinski definition) is 4. The molecule has 7 heteroatoms. The second-order valence-electron chi connectivity index (χ2n) is 6.40. The molecule has 4 rings (SSSR count). The van der Waals surface area contributed by atoms with E-state index in [0.29, 0.717) is 35.3 Å². The number of carbonyl (C=O) groups is 1.